The molecule has 0 atom stereocenters. The molecule has 1 aliphatic carbocycles. The van der Waals surface area contributed by atoms with Gasteiger partial charge in [0.2, 0.25) is 5.91 Å². The number of amides is 1. The van der Waals surface area contributed by atoms with E-state index >= 15 is 0 Å². The number of hydrogen-bond acceptors (Lipinski definition) is 6. The number of nitrogens with zero attached hydrogens (tertiary/aromatic N) is 9. The molecule has 7 rings (SSSR count). The molecule has 5 heterocycles. The minimum Gasteiger partial charge on any atom is -0.343 e. The molecular formula is C33H37N9O. The summed E-state index contributed by atoms with van der Waals surface area (Å²) in [6.07, 6.45) is 14.3. The highest BCUT2D eigenvalue weighted by molar-refractivity contribution is 5.84. The number of rotatable bonds is 6. The van der Waals surface area contributed by atoms with Crippen LogP contribution in [0.25, 0.3) is 33.6 Å². The smallest absolute Gasteiger partial charge is 0.219 e. The summed E-state index contributed by atoms with van der Waals surface area (Å²) in [6, 6.07) is 9.30. The molecule has 0 radical (unpaired) electrons. The predicted molar refractivity (Wildman–Crippen MR) is 164 cm³/mol. The van der Waals surface area contributed by atoms with Crippen LogP contribution in [0, 0.1) is 0 Å². The fraction of sp³-hybridized carbons (Fsp3) is 0.394. The Morgan fingerprint density at radius 1 is 0.953 bits per heavy atom. The lowest BCUT2D eigenvalue weighted by molar-refractivity contribution is -0.130. The molecule has 2 aliphatic rings. The van der Waals surface area contributed by atoms with Crippen LogP contribution in [0.2, 0.25) is 0 Å². The van der Waals surface area contributed by atoms with E-state index in [0.29, 0.717) is 18.5 Å². The van der Waals surface area contributed by atoms with Gasteiger partial charge >= 0.3 is 0 Å². The lowest BCUT2D eigenvalue weighted by Gasteiger charge is -2.31. The standard InChI is InChI=1S/C33H37N9O/c1-21(2)41-20-27(18-36-41)24-5-7-25(8-6-24)33-31-29(38-39(33)4)10-9-26-17-34-30(37-32(26)31)15-23-16-35-42(19-23)28-11-13-40(14-12-28)22(3)43/h5-8,16-21,28H,9-15H2,1-4H3. The zero-order chi connectivity index (χ0) is 29.7. The fourth-order valence-corrected chi connectivity index (χ4v) is 6.40. The highest BCUT2D eigenvalue weighted by Crippen LogP contribution is 2.39. The number of carbonyl (C=O) groups is 1. The summed E-state index contributed by atoms with van der Waals surface area (Å²) in [4.78, 5) is 23.5. The Hall–Kier alpha value is -4.60. The zero-order valence-corrected chi connectivity index (χ0v) is 25.2. The zero-order valence-electron chi connectivity index (χ0n) is 25.2. The summed E-state index contributed by atoms with van der Waals surface area (Å²) >= 11 is 0. The molecule has 5 aromatic rings. The average molecular weight is 576 g/mol. The van der Waals surface area contributed by atoms with Crippen molar-refractivity contribution in [2.45, 2.75) is 65.0 Å². The Labute approximate surface area is 251 Å². The summed E-state index contributed by atoms with van der Waals surface area (Å²) in [7, 11) is 2.02. The van der Waals surface area contributed by atoms with E-state index in [-0.39, 0.29) is 5.91 Å². The number of hydrogen-bond donors (Lipinski definition) is 0. The normalized spacial score (nSPS) is 15.1. The van der Waals surface area contributed by atoms with Gasteiger partial charge in [0.1, 0.15) is 5.82 Å². The van der Waals surface area contributed by atoms with E-state index in [9.17, 15) is 4.79 Å². The first-order chi connectivity index (χ1) is 20.8. The Bertz CT molecular complexity index is 1790. The Kier molecular flexibility index (Phi) is 6.91. The maximum atomic E-state index is 11.7. The van der Waals surface area contributed by atoms with Gasteiger partial charge in [-0.3, -0.25) is 18.8 Å². The molecule has 0 unspecified atom stereocenters. The lowest BCUT2D eigenvalue weighted by Crippen LogP contribution is -2.37. The molecule has 1 fully saturated rings. The van der Waals surface area contributed by atoms with Crippen molar-refractivity contribution in [1.29, 1.82) is 0 Å². The van der Waals surface area contributed by atoms with Crippen molar-refractivity contribution in [3.05, 3.63) is 77.9 Å². The van der Waals surface area contributed by atoms with Gasteiger partial charge < -0.3 is 4.90 Å². The minimum absolute atomic E-state index is 0.149. The monoisotopic (exact) mass is 575 g/mol. The van der Waals surface area contributed by atoms with Crippen LogP contribution in [0.15, 0.2) is 55.2 Å². The van der Waals surface area contributed by atoms with Crippen molar-refractivity contribution < 1.29 is 4.79 Å². The van der Waals surface area contributed by atoms with Crippen LogP contribution in [-0.2, 0) is 31.1 Å². The number of aromatic nitrogens is 8. The molecule has 43 heavy (non-hydrogen) atoms. The van der Waals surface area contributed by atoms with Crippen molar-refractivity contribution in [3.63, 3.8) is 0 Å². The van der Waals surface area contributed by atoms with Gasteiger partial charge in [-0.1, -0.05) is 24.3 Å². The van der Waals surface area contributed by atoms with Gasteiger partial charge in [0.15, 0.2) is 0 Å². The molecule has 0 N–H and O–H groups in total. The van der Waals surface area contributed by atoms with Crippen LogP contribution in [0.1, 0.15) is 68.3 Å². The van der Waals surface area contributed by atoms with Gasteiger partial charge in [-0.25, -0.2) is 9.97 Å². The molecule has 0 bridgehead atoms. The molecule has 220 valence electrons. The maximum absolute atomic E-state index is 11.7. The van der Waals surface area contributed by atoms with E-state index in [1.807, 2.05) is 39.9 Å². The highest BCUT2D eigenvalue weighted by atomic mass is 16.2. The second kappa shape index (κ2) is 10.9. The number of fused-ring (bicyclic) bond motifs is 3. The molecule has 1 amide bonds. The Morgan fingerprint density at radius 3 is 2.44 bits per heavy atom. The van der Waals surface area contributed by atoms with Gasteiger partial charge in [0.05, 0.1) is 35.5 Å². The van der Waals surface area contributed by atoms with E-state index in [0.717, 1.165) is 95.1 Å². The van der Waals surface area contributed by atoms with Crippen molar-refractivity contribution in [1.82, 2.24) is 44.2 Å². The summed E-state index contributed by atoms with van der Waals surface area (Å²) in [5.41, 5.74) is 9.88. The molecule has 4 aromatic heterocycles. The number of piperidine rings is 1. The lowest BCUT2D eigenvalue weighted by atomic mass is 9.91. The van der Waals surface area contributed by atoms with E-state index in [2.05, 4.69) is 65.4 Å². The molecule has 1 aliphatic heterocycles. The Morgan fingerprint density at radius 2 is 1.72 bits per heavy atom. The Balaban J connectivity index is 1.14. The molecule has 10 nitrogen and oxygen atoms in total. The first kappa shape index (κ1) is 27.2. The van der Waals surface area contributed by atoms with E-state index in [1.54, 1.807) is 6.92 Å². The third-order valence-electron chi connectivity index (χ3n) is 8.83. The van der Waals surface area contributed by atoms with Crippen LogP contribution in [0.5, 0.6) is 0 Å². The minimum atomic E-state index is 0.149. The highest BCUT2D eigenvalue weighted by Gasteiger charge is 2.27. The summed E-state index contributed by atoms with van der Waals surface area (Å²) in [5, 5.41) is 14.1. The van der Waals surface area contributed by atoms with E-state index < -0.39 is 0 Å². The predicted octanol–water partition coefficient (Wildman–Crippen LogP) is 5.06. The average Bonchev–Trinajstić information content (AvgIpc) is 3.76. The molecule has 0 spiro atoms. The van der Waals surface area contributed by atoms with Crippen molar-refractivity contribution in [2.24, 2.45) is 7.05 Å². The summed E-state index contributed by atoms with van der Waals surface area (Å²) in [6.45, 7) is 7.47. The third kappa shape index (κ3) is 5.15. The number of aryl methyl sites for hydroxylation is 3. The van der Waals surface area contributed by atoms with E-state index in [1.165, 1.54) is 0 Å². The van der Waals surface area contributed by atoms with Crippen molar-refractivity contribution in [3.8, 4) is 33.6 Å². The summed E-state index contributed by atoms with van der Waals surface area (Å²) < 4.78 is 6.04. The molecule has 0 saturated carbocycles. The van der Waals surface area contributed by atoms with Crippen molar-refractivity contribution in [2.75, 3.05) is 13.1 Å². The maximum Gasteiger partial charge on any atom is 0.219 e. The van der Waals surface area contributed by atoms with Crippen LogP contribution < -0.4 is 0 Å². The molecule has 1 saturated heterocycles. The van der Waals surface area contributed by atoms with E-state index in [4.69, 9.17) is 15.1 Å². The first-order valence-corrected chi connectivity index (χ1v) is 15.2. The molecule has 1 aromatic carbocycles. The quantitative estimate of drug-likeness (QED) is 0.281. The molecule has 10 heteroatoms. The largest absolute Gasteiger partial charge is 0.343 e. The topological polar surface area (TPSA) is 99.5 Å². The van der Waals surface area contributed by atoms with Gasteiger partial charge in [-0.15, -0.1) is 0 Å². The van der Waals surface area contributed by atoms with Crippen LogP contribution in [0.3, 0.4) is 0 Å². The van der Waals surface area contributed by atoms with Crippen LogP contribution in [-0.4, -0.2) is 63.2 Å². The van der Waals surface area contributed by atoms with Crippen LogP contribution >= 0.6 is 0 Å². The second-order valence-electron chi connectivity index (χ2n) is 12.1. The summed E-state index contributed by atoms with van der Waals surface area (Å²) in [5.74, 6) is 0.931. The van der Waals surface area contributed by atoms with Gasteiger partial charge in [-0.2, -0.15) is 15.3 Å². The van der Waals surface area contributed by atoms with Gasteiger partial charge in [0.25, 0.3) is 0 Å². The fourth-order valence-electron chi connectivity index (χ4n) is 6.40. The first-order valence-electron chi connectivity index (χ1n) is 15.2. The number of carbonyl (C=O) groups excluding carboxylic acids is 1. The molecular weight excluding hydrogens is 538 g/mol. The van der Waals surface area contributed by atoms with Crippen LogP contribution in [0.4, 0.5) is 0 Å². The third-order valence-corrected chi connectivity index (χ3v) is 8.83. The number of likely N-dealkylation sites (tertiary alicyclic amines) is 1. The number of benzene rings is 1. The second-order valence-corrected chi connectivity index (χ2v) is 12.1. The van der Waals surface area contributed by atoms with Gasteiger partial charge in [-0.05, 0) is 56.2 Å². The SMILES string of the molecule is CC(=O)N1CCC(n2cc(Cc3ncc4c(n3)-c3c(nn(C)c3-c3ccc(-c5cnn(C(C)C)c5)cc3)CC4)cn2)CC1. The van der Waals surface area contributed by atoms with Gasteiger partial charge in [0, 0.05) is 74.8 Å². The van der Waals surface area contributed by atoms with Crippen molar-refractivity contribution >= 4 is 5.91 Å².